The van der Waals surface area contributed by atoms with Crippen LogP contribution >= 0.6 is 0 Å². The van der Waals surface area contributed by atoms with Crippen molar-refractivity contribution in [1.82, 2.24) is 10.2 Å². The highest BCUT2D eigenvalue weighted by Gasteiger charge is 2.29. The van der Waals surface area contributed by atoms with E-state index in [0.29, 0.717) is 25.4 Å². The van der Waals surface area contributed by atoms with Gasteiger partial charge in [-0.3, -0.25) is 9.59 Å². The molecule has 1 saturated heterocycles. The van der Waals surface area contributed by atoms with Crippen LogP contribution in [0.4, 0.5) is 0 Å². The van der Waals surface area contributed by atoms with E-state index in [1.54, 1.807) is 17.0 Å². The Bertz CT molecular complexity index is 667. The molecule has 1 atom stereocenters. The van der Waals surface area contributed by atoms with Crippen LogP contribution in [0.5, 0.6) is 0 Å². The maximum absolute atomic E-state index is 12.4. The number of nitrogens with zero attached hydrogens (tertiary/aromatic N) is 1. The Labute approximate surface area is 141 Å². The van der Waals surface area contributed by atoms with Crippen molar-refractivity contribution in [3.05, 3.63) is 60.1 Å². The predicted octanol–water partition coefficient (Wildman–Crippen LogP) is 2.49. The average molecular weight is 326 g/mol. The van der Waals surface area contributed by atoms with Gasteiger partial charge in [-0.25, -0.2) is 0 Å². The zero-order chi connectivity index (χ0) is 16.8. The fourth-order valence-corrected chi connectivity index (χ4v) is 3.05. The van der Waals surface area contributed by atoms with Gasteiger partial charge >= 0.3 is 0 Å². The van der Waals surface area contributed by atoms with E-state index < -0.39 is 0 Å². The maximum Gasteiger partial charge on any atom is 0.289 e. The van der Waals surface area contributed by atoms with E-state index >= 15 is 0 Å². The molecule has 5 nitrogen and oxygen atoms in total. The number of amides is 2. The minimum atomic E-state index is -0.145. The monoisotopic (exact) mass is 326 g/mol. The van der Waals surface area contributed by atoms with Crippen molar-refractivity contribution in [3.63, 3.8) is 0 Å². The van der Waals surface area contributed by atoms with Gasteiger partial charge in [-0.2, -0.15) is 0 Å². The lowest BCUT2D eigenvalue weighted by Crippen LogP contribution is -2.45. The molecule has 1 N–H and O–H groups in total. The van der Waals surface area contributed by atoms with Crippen LogP contribution in [0.3, 0.4) is 0 Å². The van der Waals surface area contributed by atoms with Crippen molar-refractivity contribution in [2.75, 3.05) is 19.6 Å². The first-order valence-corrected chi connectivity index (χ1v) is 8.38. The van der Waals surface area contributed by atoms with Gasteiger partial charge in [0.1, 0.15) is 0 Å². The highest BCUT2D eigenvalue weighted by Crippen LogP contribution is 2.19. The average Bonchev–Trinajstić information content (AvgIpc) is 3.16. The SMILES string of the molecule is O=C(NCCc1ccccc1)[C@@H]1CCCN(C(=O)c2ccco2)C1. The van der Waals surface area contributed by atoms with E-state index in [2.05, 4.69) is 17.4 Å². The molecule has 0 unspecified atom stereocenters. The molecule has 0 saturated carbocycles. The van der Waals surface area contributed by atoms with E-state index in [1.807, 2.05) is 18.2 Å². The zero-order valence-electron chi connectivity index (χ0n) is 13.6. The minimum absolute atomic E-state index is 0.0304. The van der Waals surface area contributed by atoms with E-state index in [9.17, 15) is 9.59 Å². The summed E-state index contributed by atoms with van der Waals surface area (Å²) in [4.78, 5) is 26.4. The summed E-state index contributed by atoms with van der Waals surface area (Å²) in [6, 6.07) is 13.4. The number of furan rings is 1. The summed E-state index contributed by atoms with van der Waals surface area (Å²) >= 11 is 0. The summed E-state index contributed by atoms with van der Waals surface area (Å²) in [7, 11) is 0. The van der Waals surface area contributed by atoms with Crippen LogP contribution in [0.15, 0.2) is 53.1 Å². The van der Waals surface area contributed by atoms with Crippen molar-refractivity contribution in [3.8, 4) is 0 Å². The van der Waals surface area contributed by atoms with Crippen molar-refractivity contribution in [1.29, 1.82) is 0 Å². The first kappa shape index (κ1) is 16.3. The van der Waals surface area contributed by atoms with Crippen molar-refractivity contribution < 1.29 is 14.0 Å². The largest absolute Gasteiger partial charge is 0.459 e. The first-order chi connectivity index (χ1) is 11.7. The number of hydrogen-bond donors (Lipinski definition) is 1. The predicted molar refractivity (Wildman–Crippen MR) is 90.5 cm³/mol. The van der Waals surface area contributed by atoms with Gasteiger partial charge in [0, 0.05) is 19.6 Å². The zero-order valence-corrected chi connectivity index (χ0v) is 13.6. The molecule has 1 fully saturated rings. The third kappa shape index (κ3) is 4.04. The quantitative estimate of drug-likeness (QED) is 0.918. The van der Waals surface area contributed by atoms with Crippen LogP contribution in [-0.2, 0) is 11.2 Å². The Kier molecular flexibility index (Phi) is 5.31. The van der Waals surface area contributed by atoms with Crippen LogP contribution in [0.1, 0.15) is 29.0 Å². The molecule has 1 aliphatic heterocycles. The molecular formula is C19H22N2O3. The molecule has 126 valence electrons. The normalized spacial score (nSPS) is 17.5. The van der Waals surface area contributed by atoms with Crippen LogP contribution < -0.4 is 5.32 Å². The molecule has 5 heteroatoms. The van der Waals surface area contributed by atoms with Crippen LogP contribution in [0.2, 0.25) is 0 Å². The molecule has 2 heterocycles. The molecule has 3 rings (SSSR count). The van der Waals surface area contributed by atoms with Crippen LogP contribution in [0.25, 0.3) is 0 Å². The van der Waals surface area contributed by atoms with E-state index in [4.69, 9.17) is 4.42 Å². The molecule has 0 aliphatic carbocycles. The maximum atomic E-state index is 12.4. The standard InChI is InChI=1S/C19H22N2O3/c22-18(20-11-10-15-6-2-1-3-7-15)16-8-4-12-21(14-16)19(23)17-9-5-13-24-17/h1-3,5-7,9,13,16H,4,8,10-12,14H2,(H,20,22)/t16-/m1/s1. The van der Waals surface area contributed by atoms with E-state index in [-0.39, 0.29) is 17.7 Å². The van der Waals surface area contributed by atoms with Gasteiger partial charge < -0.3 is 14.6 Å². The van der Waals surface area contributed by atoms with E-state index in [1.165, 1.54) is 11.8 Å². The van der Waals surface area contributed by atoms with Crippen molar-refractivity contribution in [2.45, 2.75) is 19.3 Å². The third-order valence-corrected chi connectivity index (χ3v) is 4.37. The Balaban J connectivity index is 1.49. The summed E-state index contributed by atoms with van der Waals surface area (Å²) in [5.74, 6) is 0.0817. The lowest BCUT2D eigenvalue weighted by molar-refractivity contribution is -0.126. The Morgan fingerprint density at radius 3 is 2.75 bits per heavy atom. The number of carbonyl (C=O) groups is 2. The summed E-state index contributed by atoms with van der Waals surface area (Å²) in [5.41, 5.74) is 1.20. The number of nitrogens with one attached hydrogen (secondary N) is 1. The second-order valence-corrected chi connectivity index (χ2v) is 6.09. The van der Waals surface area contributed by atoms with Gasteiger partial charge in [0.15, 0.2) is 5.76 Å². The molecule has 1 aromatic carbocycles. The van der Waals surface area contributed by atoms with Crippen molar-refractivity contribution in [2.24, 2.45) is 5.92 Å². The molecule has 0 spiro atoms. The number of carbonyl (C=O) groups excluding carboxylic acids is 2. The van der Waals surface area contributed by atoms with Gasteiger partial charge in [-0.15, -0.1) is 0 Å². The molecule has 2 aromatic rings. The smallest absolute Gasteiger partial charge is 0.289 e. The lowest BCUT2D eigenvalue weighted by Gasteiger charge is -2.31. The number of benzene rings is 1. The van der Waals surface area contributed by atoms with Gasteiger partial charge in [-0.05, 0) is 37.0 Å². The number of hydrogen-bond acceptors (Lipinski definition) is 3. The fraction of sp³-hybridized carbons (Fsp3) is 0.368. The topological polar surface area (TPSA) is 62.6 Å². The molecule has 1 aliphatic rings. The summed E-state index contributed by atoms with van der Waals surface area (Å²) in [6.07, 6.45) is 3.96. The Morgan fingerprint density at radius 1 is 1.17 bits per heavy atom. The molecule has 1 aromatic heterocycles. The second-order valence-electron chi connectivity index (χ2n) is 6.09. The van der Waals surface area contributed by atoms with Gasteiger partial charge in [0.2, 0.25) is 5.91 Å². The Morgan fingerprint density at radius 2 is 2.00 bits per heavy atom. The summed E-state index contributed by atoms with van der Waals surface area (Å²) < 4.78 is 5.17. The number of likely N-dealkylation sites (tertiary alicyclic amines) is 1. The number of piperidine rings is 1. The highest BCUT2D eigenvalue weighted by atomic mass is 16.3. The molecule has 2 amide bonds. The van der Waals surface area contributed by atoms with Crippen LogP contribution in [-0.4, -0.2) is 36.3 Å². The van der Waals surface area contributed by atoms with E-state index in [0.717, 1.165) is 19.3 Å². The molecule has 24 heavy (non-hydrogen) atoms. The van der Waals surface area contributed by atoms with Crippen molar-refractivity contribution >= 4 is 11.8 Å². The summed E-state index contributed by atoms with van der Waals surface area (Å²) in [6.45, 7) is 1.75. The summed E-state index contributed by atoms with van der Waals surface area (Å²) in [5, 5.41) is 2.99. The Hall–Kier alpha value is -2.56. The molecular weight excluding hydrogens is 304 g/mol. The third-order valence-electron chi connectivity index (χ3n) is 4.37. The van der Waals surface area contributed by atoms with Gasteiger partial charge in [0.25, 0.3) is 5.91 Å². The molecule has 0 bridgehead atoms. The van der Waals surface area contributed by atoms with Gasteiger partial charge in [-0.1, -0.05) is 30.3 Å². The van der Waals surface area contributed by atoms with Gasteiger partial charge in [0.05, 0.1) is 12.2 Å². The highest BCUT2D eigenvalue weighted by molar-refractivity contribution is 5.92. The molecule has 0 radical (unpaired) electrons. The van der Waals surface area contributed by atoms with Crippen LogP contribution in [0, 0.1) is 5.92 Å². The minimum Gasteiger partial charge on any atom is -0.459 e. The first-order valence-electron chi connectivity index (χ1n) is 8.38. The lowest BCUT2D eigenvalue weighted by atomic mass is 9.97. The fourth-order valence-electron chi connectivity index (χ4n) is 3.05. The second kappa shape index (κ2) is 7.81. The number of rotatable bonds is 5.